The lowest BCUT2D eigenvalue weighted by Crippen LogP contribution is -2.36. The van der Waals surface area contributed by atoms with Crippen molar-refractivity contribution in [3.8, 4) is 0 Å². The molecule has 1 amide bonds. The zero-order valence-electron chi connectivity index (χ0n) is 13.3. The third-order valence-corrected chi connectivity index (χ3v) is 2.29. The van der Waals surface area contributed by atoms with E-state index in [2.05, 4.69) is 10.6 Å². The van der Waals surface area contributed by atoms with Crippen LogP contribution in [-0.4, -0.2) is 58.3 Å². The van der Waals surface area contributed by atoms with Gasteiger partial charge in [-0.2, -0.15) is 0 Å². The molecule has 0 fully saturated rings. The first kappa shape index (κ1) is 19.1. The lowest BCUT2D eigenvalue weighted by atomic mass is 10.2. The van der Waals surface area contributed by atoms with Crippen molar-refractivity contribution in [1.82, 2.24) is 10.6 Å². The maximum atomic E-state index is 11.3. The van der Waals surface area contributed by atoms with Gasteiger partial charge in [-0.25, -0.2) is 4.79 Å². The molecule has 0 aliphatic carbocycles. The topological polar surface area (TPSA) is 68.8 Å². The van der Waals surface area contributed by atoms with Gasteiger partial charge < -0.3 is 24.8 Å². The van der Waals surface area contributed by atoms with Crippen LogP contribution in [0.15, 0.2) is 0 Å². The highest BCUT2D eigenvalue weighted by Gasteiger charge is 2.15. The number of hydrogen-bond acceptors (Lipinski definition) is 5. The third kappa shape index (κ3) is 15.2. The summed E-state index contributed by atoms with van der Waals surface area (Å²) in [5.74, 6) is 0. The van der Waals surface area contributed by atoms with E-state index in [1.807, 2.05) is 20.8 Å². The molecule has 6 heteroatoms. The molecule has 0 saturated carbocycles. The fourth-order valence-corrected chi connectivity index (χ4v) is 1.39. The molecule has 0 unspecified atom stereocenters. The molecule has 20 heavy (non-hydrogen) atoms. The molecule has 0 aliphatic rings. The first-order valence-electron chi connectivity index (χ1n) is 7.20. The van der Waals surface area contributed by atoms with E-state index in [1.54, 1.807) is 7.11 Å². The molecule has 0 rings (SSSR count). The molecule has 0 heterocycles. The van der Waals surface area contributed by atoms with Crippen LogP contribution in [-0.2, 0) is 14.2 Å². The highest BCUT2D eigenvalue weighted by atomic mass is 16.6. The standard InChI is InChI=1S/C14H30N2O4/c1-14(2,3)20-13(17)16-9-8-15-7-5-6-10-19-12-11-18-4/h15H,5-12H2,1-4H3,(H,16,17). The summed E-state index contributed by atoms with van der Waals surface area (Å²) in [6.45, 7) is 9.84. The lowest BCUT2D eigenvalue weighted by molar-refractivity contribution is 0.0528. The Kier molecular flexibility index (Phi) is 11.4. The number of ether oxygens (including phenoxy) is 3. The molecule has 0 aromatic heterocycles. The maximum absolute atomic E-state index is 11.3. The van der Waals surface area contributed by atoms with Crippen molar-refractivity contribution in [1.29, 1.82) is 0 Å². The van der Waals surface area contributed by atoms with Crippen LogP contribution in [0.1, 0.15) is 33.6 Å². The van der Waals surface area contributed by atoms with Gasteiger partial charge in [-0.1, -0.05) is 0 Å². The van der Waals surface area contributed by atoms with Gasteiger partial charge in [0, 0.05) is 26.8 Å². The Morgan fingerprint density at radius 2 is 1.75 bits per heavy atom. The van der Waals surface area contributed by atoms with Crippen molar-refractivity contribution in [2.75, 3.05) is 46.6 Å². The van der Waals surface area contributed by atoms with E-state index in [0.29, 0.717) is 19.8 Å². The van der Waals surface area contributed by atoms with E-state index in [9.17, 15) is 4.79 Å². The molecule has 0 atom stereocenters. The molecule has 0 saturated heterocycles. The number of nitrogens with one attached hydrogen (secondary N) is 2. The Bertz CT molecular complexity index is 242. The Hall–Kier alpha value is -0.850. The van der Waals surface area contributed by atoms with Gasteiger partial charge in [0.25, 0.3) is 0 Å². The average Bonchev–Trinajstić information content (AvgIpc) is 2.34. The van der Waals surface area contributed by atoms with E-state index in [-0.39, 0.29) is 6.09 Å². The van der Waals surface area contributed by atoms with Crippen LogP contribution in [0.3, 0.4) is 0 Å². The van der Waals surface area contributed by atoms with Gasteiger partial charge in [-0.3, -0.25) is 0 Å². The molecule has 0 aromatic carbocycles. The van der Waals surface area contributed by atoms with Crippen molar-refractivity contribution in [3.63, 3.8) is 0 Å². The first-order valence-corrected chi connectivity index (χ1v) is 7.20. The molecular weight excluding hydrogens is 260 g/mol. The van der Waals surface area contributed by atoms with Crippen molar-refractivity contribution in [3.05, 3.63) is 0 Å². The second kappa shape index (κ2) is 11.9. The predicted molar refractivity (Wildman–Crippen MR) is 79.0 cm³/mol. The van der Waals surface area contributed by atoms with E-state index in [1.165, 1.54) is 0 Å². The van der Waals surface area contributed by atoms with Crippen molar-refractivity contribution in [2.24, 2.45) is 0 Å². The van der Waals surface area contributed by atoms with Gasteiger partial charge in [-0.15, -0.1) is 0 Å². The summed E-state index contributed by atoms with van der Waals surface area (Å²) in [6, 6.07) is 0. The van der Waals surface area contributed by atoms with Crippen molar-refractivity contribution < 1.29 is 19.0 Å². The predicted octanol–water partition coefficient (Wildman–Crippen LogP) is 1.54. The fraction of sp³-hybridized carbons (Fsp3) is 0.929. The smallest absolute Gasteiger partial charge is 0.407 e. The number of carbonyl (C=O) groups is 1. The molecule has 0 aliphatic heterocycles. The van der Waals surface area contributed by atoms with Crippen LogP contribution in [0.5, 0.6) is 0 Å². The Morgan fingerprint density at radius 1 is 1.00 bits per heavy atom. The molecule has 6 nitrogen and oxygen atoms in total. The Labute approximate surface area is 122 Å². The van der Waals surface area contributed by atoms with E-state index in [0.717, 1.165) is 32.5 Å². The number of rotatable bonds is 11. The monoisotopic (exact) mass is 290 g/mol. The molecule has 120 valence electrons. The van der Waals surface area contributed by atoms with Gasteiger partial charge in [0.2, 0.25) is 0 Å². The second-order valence-corrected chi connectivity index (χ2v) is 5.49. The second-order valence-electron chi connectivity index (χ2n) is 5.49. The van der Waals surface area contributed by atoms with E-state index < -0.39 is 5.60 Å². The summed E-state index contributed by atoms with van der Waals surface area (Å²) < 4.78 is 15.4. The van der Waals surface area contributed by atoms with Crippen molar-refractivity contribution >= 4 is 6.09 Å². The molecule has 0 bridgehead atoms. The zero-order chi connectivity index (χ0) is 15.3. The van der Waals surface area contributed by atoms with Crippen LogP contribution in [0.25, 0.3) is 0 Å². The number of methoxy groups -OCH3 is 1. The minimum Gasteiger partial charge on any atom is -0.444 e. The van der Waals surface area contributed by atoms with Gasteiger partial charge >= 0.3 is 6.09 Å². The first-order chi connectivity index (χ1) is 9.45. The molecule has 0 spiro atoms. The van der Waals surface area contributed by atoms with Crippen LogP contribution in [0.4, 0.5) is 4.79 Å². The van der Waals surface area contributed by atoms with Gasteiger partial charge in [0.15, 0.2) is 0 Å². The van der Waals surface area contributed by atoms with Gasteiger partial charge in [-0.05, 0) is 40.2 Å². The summed E-state index contributed by atoms with van der Waals surface area (Å²) in [6.07, 6.45) is 1.71. The zero-order valence-corrected chi connectivity index (χ0v) is 13.3. The van der Waals surface area contributed by atoms with E-state index >= 15 is 0 Å². The van der Waals surface area contributed by atoms with Gasteiger partial charge in [0.1, 0.15) is 5.60 Å². The third-order valence-electron chi connectivity index (χ3n) is 2.29. The number of alkyl carbamates (subject to hydrolysis) is 1. The largest absolute Gasteiger partial charge is 0.444 e. The summed E-state index contributed by atoms with van der Waals surface area (Å²) in [5, 5.41) is 5.96. The quantitative estimate of drug-likeness (QED) is 0.565. The average molecular weight is 290 g/mol. The summed E-state index contributed by atoms with van der Waals surface area (Å²) in [4.78, 5) is 11.3. The highest BCUT2D eigenvalue weighted by molar-refractivity contribution is 5.67. The number of unbranched alkanes of at least 4 members (excludes halogenated alkanes) is 1. The maximum Gasteiger partial charge on any atom is 0.407 e. The Morgan fingerprint density at radius 3 is 2.40 bits per heavy atom. The summed E-state index contributed by atoms with van der Waals surface area (Å²) in [5.41, 5.74) is -0.444. The molecule has 2 N–H and O–H groups in total. The molecule has 0 radical (unpaired) electrons. The minimum absolute atomic E-state index is 0.370. The lowest BCUT2D eigenvalue weighted by Gasteiger charge is -2.19. The fourth-order valence-electron chi connectivity index (χ4n) is 1.39. The number of amides is 1. The normalized spacial score (nSPS) is 11.4. The summed E-state index contributed by atoms with van der Waals surface area (Å²) >= 11 is 0. The summed E-state index contributed by atoms with van der Waals surface area (Å²) in [7, 11) is 1.67. The van der Waals surface area contributed by atoms with Crippen LogP contribution in [0, 0.1) is 0 Å². The van der Waals surface area contributed by atoms with Crippen LogP contribution >= 0.6 is 0 Å². The van der Waals surface area contributed by atoms with Crippen LogP contribution < -0.4 is 10.6 Å². The minimum atomic E-state index is -0.444. The highest BCUT2D eigenvalue weighted by Crippen LogP contribution is 2.05. The SMILES string of the molecule is COCCOCCCCNCCNC(=O)OC(C)(C)C. The molecule has 0 aromatic rings. The van der Waals surface area contributed by atoms with Crippen molar-refractivity contribution in [2.45, 2.75) is 39.2 Å². The Balaban J connectivity index is 3.19. The molecular formula is C14H30N2O4. The number of hydrogen-bond donors (Lipinski definition) is 2. The number of carbonyl (C=O) groups excluding carboxylic acids is 1. The van der Waals surface area contributed by atoms with E-state index in [4.69, 9.17) is 14.2 Å². The van der Waals surface area contributed by atoms with Crippen LogP contribution in [0.2, 0.25) is 0 Å². The van der Waals surface area contributed by atoms with Gasteiger partial charge in [0.05, 0.1) is 13.2 Å².